The lowest BCUT2D eigenvalue weighted by molar-refractivity contribution is -0.609. The molecule has 0 spiro atoms. The molecule has 8 heteroatoms. The third-order valence-electron chi connectivity index (χ3n) is 4.88. The Morgan fingerprint density at radius 2 is 1.32 bits per heavy atom. The summed E-state index contributed by atoms with van der Waals surface area (Å²) in [5, 5.41) is 0. The first-order valence-electron chi connectivity index (χ1n) is 10.5. The monoisotopic (exact) mass is 459 g/mol. The van der Waals surface area contributed by atoms with E-state index in [-0.39, 0.29) is 0 Å². The van der Waals surface area contributed by atoms with Crippen molar-refractivity contribution in [2.75, 3.05) is 0 Å². The van der Waals surface area contributed by atoms with Crippen LogP contribution in [0.5, 0.6) is 0 Å². The third-order valence-corrected chi connectivity index (χ3v) is 5.44. The van der Waals surface area contributed by atoms with Crippen LogP contribution in [-0.2, 0) is 16.5 Å². The number of nitrogens with zero attached hydrogens (tertiary/aromatic N) is 1. The fraction of sp³-hybridized carbons (Fsp3) is 0.522. The molecular formula is C23H32F3NO3S. The van der Waals surface area contributed by atoms with Gasteiger partial charge in [-0.05, 0) is 30.9 Å². The summed E-state index contributed by atoms with van der Waals surface area (Å²) in [6, 6.07) is 13.6. The molecule has 0 aliphatic heterocycles. The lowest BCUT2D eigenvalue weighted by Gasteiger charge is -2.08. The number of hydrogen-bond acceptors (Lipinski definition) is 3. The van der Waals surface area contributed by atoms with Crippen molar-refractivity contribution in [3.05, 3.63) is 58.9 Å². The van der Waals surface area contributed by atoms with Crippen LogP contribution in [-0.4, -0.2) is 18.5 Å². The first-order valence-corrected chi connectivity index (χ1v) is 11.9. The van der Waals surface area contributed by atoms with Gasteiger partial charge in [-0.3, -0.25) is 0 Å². The number of rotatable bonds is 8. The van der Waals surface area contributed by atoms with Gasteiger partial charge in [-0.1, -0.05) is 51.2 Å². The number of aromatic nitrogens is 1. The van der Waals surface area contributed by atoms with Gasteiger partial charge >= 0.3 is 5.51 Å². The smallest absolute Gasteiger partial charge is 0.485 e. The van der Waals surface area contributed by atoms with E-state index in [1.807, 2.05) is 0 Å². The van der Waals surface area contributed by atoms with Crippen LogP contribution in [0.1, 0.15) is 68.0 Å². The Labute approximate surface area is 183 Å². The molecule has 31 heavy (non-hydrogen) atoms. The molecule has 0 fully saturated rings. The number of alkyl halides is 3. The summed E-state index contributed by atoms with van der Waals surface area (Å²) in [5.41, 5.74) is 1.01. The molecule has 1 aromatic carbocycles. The maximum Gasteiger partial charge on any atom is 0.485 e. The third kappa shape index (κ3) is 9.39. The van der Waals surface area contributed by atoms with Crippen LogP contribution in [0.4, 0.5) is 13.2 Å². The van der Waals surface area contributed by atoms with E-state index in [9.17, 15) is 13.2 Å². The van der Waals surface area contributed by atoms with E-state index in [2.05, 4.69) is 68.7 Å². The minimum Gasteiger partial charge on any atom is -0.741 e. The molecule has 2 aromatic rings. The quantitative estimate of drug-likeness (QED) is 0.216. The highest BCUT2D eigenvalue weighted by atomic mass is 32.2. The van der Waals surface area contributed by atoms with Gasteiger partial charge in [0.2, 0.25) is 5.69 Å². The molecule has 1 aromatic heterocycles. The van der Waals surface area contributed by atoms with Gasteiger partial charge in [0.1, 0.15) is 0 Å². The number of unbranched alkanes of at least 4 members (excludes halogenated alkanes) is 5. The Morgan fingerprint density at radius 3 is 1.77 bits per heavy atom. The molecule has 0 aliphatic rings. The first-order chi connectivity index (χ1) is 14.4. The second kappa shape index (κ2) is 12.2. The highest BCUT2D eigenvalue weighted by Gasteiger charge is 2.36. The van der Waals surface area contributed by atoms with Crippen molar-refractivity contribution < 1.29 is 30.7 Å². The molecule has 0 unspecified atom stereocenters. The van der Waals surface area contributed by atoms with Gasteiger partial charge in [0.15, 0.2) is 21.5 Å². The van der Waals surface area contributed by atoms with Gasteiger partial charge in [-0.15, -0.1) is 0 Å². The van der Waals surface area contributed by atoms with Crippen molar-refractivity contribution >= 4 is 10.1 Å². The van der Waals surface area contributed by atoms with E-state index < -0.39 is 15.6 Å². The molecule has 0 amide bonds. The van der Waals surface area contributed by atoms with Crippen LogP contribution < -0.4 is 4.57 Å². The topological polar surface area (TPSA) is 61.1 Å². The molecule has 0 saturated carbocycles. The Morgan fingerprint density at radius 1 is 0.871 bits per heavy atom. The van der Waals surface area contributed by atoms with Gasteiger partial charge in [-0.25, -0.2) is 8.42 Å². The van der Waals surface area contributed by atoms with Crippen LogP contribution >= 0.6 is 0 Å². The summed E-state index contributed by atoms with van der Waals surface area (Å²) in [5.74, 6) is 0. The number of pyridine rings is 1. The van der Waals surface area contributed by atoms with Crippen molar-refractivity contribution in [2.45, 2.75) is 78.1 Å². The zero-order valence-electron chi connectivity index (χ0n) is 18.6. The van der Waals surface area contributed by atoms with Crippen molar-refractivity contribution in [1.29, 1.82) is 0 Å². The highest BCUT2D eigenvalue weighted by Crippen LogP contribution is 2.20. The number of halogens is 3. The Hall–Kier alpha value is -1.93. The molecule has 0 N–H and O–H groups in total. The van der Waals surface area contributed by atoms with E-state index in [4.69, 9.17) is 13.0 Å². The molecule has 0 atom stereocenters. The fourth-order valence-electron chi connectivity index (χ4n) is 3.44. The van der Waals surface area contributed by atoms with E-state index in [1.54, 1.807) is 0 Å². The number of benzene rings is 1. The van der Waals surface area contributed by atoms with Crippen LogP contribution in [0.25, 0.3) is 5.69 Å². The summed E-state index contributed by atoms with van der Waals surface area (Å²) >= 11 is 0. The van der Waals surface area contributed by atoms with Crippen LogP contribution in [0.2, 0.25) is 0 Å². The Balaban J connectivity index is 0.000000512. The predicted molar refractivity (Wildman–Crippen MR) is 115 cm³/mol. The van der Waals surface area contributed by atoms with Gasteiger partial charge in [0.25, 0.3) is 0 Å². The minimum atomic E-state index is -6.09. The van der Waals surface area contributed by atoms with E-state index in [1.165, 1.54) is 73.1 Å². The fourth-order valence-corrected chi connectivity index (χ4v) is 3.44. The maximum atomic E-state index is 10.7. The number of hydrogen-bond donors (Lipinski definition) is 0. The largest absolute Gasteiger partial charge is 0.741 e. The maximum absolute atomic E-state index is 10.7. The summed E-state index contributed by atoms with van der Waals surface area (Å²) in [6.45, 7) is 8.80. The summed E-state index contributed by atoms with van der Waals surface area (Å²) in [7, 11) is -6.09. The van der Waals surface area contributed by atoms with Gasteiger partial charge < -0.3 is 4.55 Å². The Bertz CT molecular complexity index is 901. The van der Waals surface area contributed by atoms with Gasteiger partial charge in [0, 0.05) is 38.1 Å². The lowest BCUT2D eigenvalue weighted by Crippen LogP contribution is -2.37. The van der Waals surface area contributed by atoms with Crippen LogP contribution in [0.3, 0.4) is 0 Å². The molecule has 0 bridgehead atoms. The zero-order chi connectivity index (χ0) is 23.7. The summed E-state index contributed by atoms with van der Waals surface area (Å²) < 4.78 is 61.2. The van der Waals surface area contributed by atoms with Gasteiger partial charge in [-0.2, -0.15) is 17.7 Å². The van der Waals surface area contributed by atoms with E-state index in [0.29, 0.717) is 0 Å². The van der Waals surface area contributed by atoms with Crippen molar-refractivity contribution in [3.63, 3.8) is 0 Å². The normalized spacial score (nSPS) is 11.7. The van der Waals surface area contributed by atoms with Crippen molar-refractivity contribution in [2.24, 2.45) is 0 Å². The van der Waals surface area contributed by atoms with Crippen LogP contribution in [0, 0.1) is 20.8 Å². The number of aryl methyl sites for hydroxylation is 4. The highest BCUT2D eigenvalue weighted by molar-refractivity contribution is 7.86. The SMILES string of the molecule is CCCCCCCCc1ccc(-[n+]2c(C)cc(C)cc2C)cc1.O=S(=O)([O-])C(F)(F)F. The molecule has 0 saturated heterocycles. The molecule has 0 radical (unpaired) electrons. The average molecular weight is 460 g/mol. The standard InChI is InChI=1S/C22H32N.CHF3O3S/c1-5-6-7-8-9-10-11-21-12-14-22(15-13-21)23-19(3)16-18(2)17-20(23)4;2-1(3,4)8(5,6)7/h12-17H,5-11H2,1-4H3;(H,5,6,7)/q+1;/p-1. The van der Waals surface area contributed by atoms with Crippen molar-refractivity contribution in [1.82, 2.24) is 0 Å². The molecular weight excluding hydrogens is 427 g/mol. The van der Waals surface area contributed by atoms with E-state index >= 15 is 0 Å². The first kappa shape index (κ1) is 27.1. The second-order valence-electron chi connectivity index (χ2n) is 7.73. The van der Waals surface area contributed by atoms with Gasteiger partial charge in [0.05, 0.1) is 0 Å². The second-order valence-corrected chi connectivity index (χ2v) is 9.11. The van der Waals surface area contributed by atoms with Crippen LogP contribution in [0.15, 0.2) is 36.4 Å². The molecule has 4 nitrogen and oxygen atoms in total. The predicted octanol–water partition coefficient (Wildman–Crippen LogP) is 5.84. The average Bonchev–Trinajstić information content (AvgIpc) is 2.64. The zero-order valence-corrected chi connectivity index (χ0v) is 19.4. The van der Waals surface area contributed by atoms with Crippen molar-refractivity contribution in [3.8, 4) is 5.69 Å². The molecule has 2 rings (SSSR count). The lowest BCUT2D eigenvalue weighted by atomic mass is 10.0. The summed E-state index contributed by atoms with van der Waals surface area (Å²) in [6.07, 6.45) is 9.41. The Kier molecular flexibility index (Phi) is 10.7. The molecule has 0 aliphatic carbocycles. The minimum absolute atomic E-state index is 1.21. The summed E-state index contributed by atoms with van der Waals surface area (Å²) in [4.78, 5) is 0. The molecule has 174 valence electrons. The van der Waals surface area contributed by atoms with E-state index in [0.717, 1.165) is 0 Å². The molecule has 1 heterocycles.